The minimum Gasteiger partial charge on any atom is -0.444 e. The summed E-state index contributed by atoms with van der Waals surface area (Å²) in [5, 5.41) is 2.74. The maximum Gasteiger partial charge on any atom is 0.573 e. The van der Waals surface area contributed by atoms with Gasteiger partial charge in [0.1, 0.15) is 10.5 Å². The number of nitrogens with one attached hydrogen (secondary N) is 2. The van der Waals surface area contributed by atoms with Crippen LogP contribution in [0, 0.1) is 0 Å². The highest BCUT2D eigenvalue weighted by Crippen LogP contribution is 2.33. The molecule has 0 bridgehead atoms. The van der Waals surface area contributed by atoms with Gasteiger partial charge in [0.2, 0.25) is 10.0 Å². The zero-order chi connectivity index (χ0) is 22.7. The SMILES string of the molecule is CC(C)(C)OC(=O)NC1CCC(NS(=O)(=O)c2ccc(Br)cc2OC(F)(F)F)CC1. The molecule has 170 valence electrons. The summed E-state index contributed by atoms with van der Waals surface area (Å²) >= 11 is 3.01. The fraction of sp³-hybridized carbons (Fsp3) is 0.611. The van der Waals surface area contributed by atoms with Crippen molar-refractivity contribution < 1.29 is 35.9 Å². The Labute approximate surface area is 181 Å². The minimum atomic E-state index is -5.03. The second-order valence-corrected chi connectivity index (χ2v) is 10.6. The monoisotopic (exact) mass is 516 g/mol. The van der Waals surface area contributed by atoms with Crippen molar-refractivity contribution in [3.8, 4) is 5.75 Å². The number of hydrogen-bond acceptors (Lipinski definition) is 5. The molecule has 0 spiro atoms. The molecule has 0 aromatic heterocycles. The third-order valence-electron chi connectivity index (χ3n) is 4.19. The number of benzene rings is 1. The summed E-state index contributed by atoms with van der Waals surface area (Å²) in [4.78, 5) is 11.2. The Bertz CT molecular complexity index is 864. The molecule has 1 saturated carbocycles. The lowest BCUT2D eigenvalue weighted by atomic mass is 9.92. The Morgan fingerprint density at radius 1 is 1.10 bits per heavy atom. The molecular formula is C18H24BrF3N2O5S. The molecule has 0 unspecified atom stereocenters. The van der Waals surface area contributed by atoms with Crippen molar-refractivity contribution in [3.63, 3.8) is 0 Å². The maximum absolute atomic E-state index is 12.7. The van der Waals surface area contributed by atoms with E-state index in [9.17, 15) is 26.4 Å². The molecule has 2 N–H and O–H groups in total. The molecule has 0 atom stereocenters. The molecule has 1 aliphatic carbocycles. The normalized spacial score (nSPS) is 20.5. The predicted octanol–water partition coefficient (Wildman–Crippen LogP) is 4.46. The van der Waals surface area contributed by atoms with E-state index in [1.54, 1.807) is 20.8 Å². The summed E-state index contributed by atoms with van der Waals surface area (Å²) < 4.78 is 75.1. The zero-order valence-electron chi connectivity index (χ0n) is 16.7. The van der Waals surface area contributed by atoms with Crippen LogP contribution in [0.5, 0.6) is 5.75 Å². The number of carbonyl (C=O) groups excluding carboxylic acids is 1. The number of sulfonamides is 1. The van der Waals surface area contributed by atoms with Crippen molar-refractivity contribution in [1.82, 2.24) is 10.0 Å². The highest BCUT2D eigenvalue weighted by atomic mass is 79.9. The largest absolute Gasteiger partial charge is 0.573 e. The van der Waals surface area contributed by atoms with Crippen LogP contribution in [0.3, 0.4) is 0 Å². The molecule has 0 heterocycles. The van der Waals surface area contributed by atoms with E-state index in [-0.39, 0.29) is 10.5 Å². The van der Waals surface area contributed by atoms with E-state index in [1.807, 2.05) is 0 Å². The van der Waals surface area contributed by atoms with Crippen molar-refractivity contribution >= 4 is 32.0 Å². The van der Waals surface area contributed by atoms with Crippen molar-refractivity contribution in [1.29, 1.82) is 0 Å². The van der Waals surface area contributed by atoms with Crippen LogP contribution < -0.4 is 14.8 Å². The van der Waals surface area contributed by atoms with Crippen LogP contribution in [0.4, 0.5) is 18.0 Å². The van der Waals surface area contributed by atoms with Gasteiger partial charge in [-0.05, 0) is 64.7 Å². The number of hydrogen-bond donors (Lipinski definition) is 2. The Morgan fingerprint density at radius 2 is 1.67 bits per heavy atom. The lowest BCUT2D eigenvalue weighted by molar-refractivity contribution is -0.275. The van der Waals surface area contributed by atoms with Gasteiger partial charge in [-0.15, -0.1) is 13.2 Å². The fourth-order valence-electron chi connectivity index (χ4n) is 3.02. The van der Waals surface area contributed by atoms with Crippen molar-refractivity contribution in [2.24, 2.45) is 0 Å². The number of alkyl carbamates (subject to hydrolysis) is 1. The molecule has 1 aromatic rings. The van der Waals surface area contributed by atoms with Crippen molar-refractivity contribution in [2.45, 2.75) is 75.4 Å². The topological polar surface area (TPSA) is 93.7 Å². The number of halogens is 4. The molecule has 0 aliphatic heterocycles. The van der Waals surface area contributed by atoms with Gasteiger partial charge in [0.15, 0.2) is 5.75 Å². The number of ether oxygens (including phenoxy) is 2. The van der Waals surface area contributed by atoms with Gasteiger partial charge in [0.05, 0.1) is 0 Å². The summed E-state index contributed by atoms with van der Waals surface area (Å²) in [5.41, 5.74) is -0.627. The van der Waals surface area contributed by atoms with E-state index in [1.165, 1.54) is 6.07 Å². The van der Waals surface area contributed by atoms with Gasteiger partial charge in [0.25, 0.3) is 0 Å². The van der Waals surface area contributed by atoms with Crippen LogP contribution in [-0.2, 0) is 14.8 Å². The molecule has 12 heteroatoms. The molecule has 0 radical (unpaired) electrons. The smallest absolute Gasteiger partial charge is 0.444 e. The molecule has 1 aromatic carbocycles. The highest BCUT2D eigenvalue weighted by molar-refractivity contribution is 9.10. The molecule has 7 nitrogen and oxygen atoms in total. The average molecular weight is 517 g/mol. The maximum atomic E-state index is 12.7. The average Bonchev–Trinajstić information content (AvgIpc) is 2.53. The van der Waals surface area contributed by atoms with Crippen LogP contribution in [0.1, 0.15) is 46.5 Å². The second kappa shape index (κ2) is 9.31. The summed E-state index contributed by atoms with van der Waals surface area (Å²) in [5.74, 6) is -0.815. The highest BCUT2D eigenvalue weighted by Gasteiger charge is 2.35. The first-order valence-electron chi connectivity index (χ1n) is 9.22. The number of carbonyl (C=O) groups is 1. The van der Waals surface area contributed by atoms with Crippen LogP contribution in [0.25, 0.3) is 0 Å². The van der Waals surface area contributed by atoms with Gasteiger partial charge in [-0.25, -0.2) is 17.9 Å². The minimum absolute atomic E-state index is 0.169. The Hall–Kier alpha value is -1.53. The Morgan fingerprint density at radius 3 is 2.20 bits per heavy atom. The lowest BCUT2D eigenvalue weighted by Gasteiger charge is -2.30. The van der Waals surface area contributed by atoms with Gasteiger partial charge < -0.3 is 14.8 Å². The van der Waals surface area contributed by atoms with E-state index >= 15 is 0 Å². The standard InChI is InChI=1S/C18H24BrF3N2O5S/c1-17(2,3)29-16(25)23-12-5-7-13(8-6-12)24-30(26,27)15-9-4-11(19)10-14(15)28-18(20,21)22/h4,9-10,12-13,24H,5-8H2,1-3H3,(H,23,25). The summed E-state index contributed by atoms with van der Waals surface area (Å²) in [6.07, 6.45) is -3.76. The lowest BCUT2D eigenvalue weighted by Crippen LogP contribution is -2.45. The van der Waals surface area contributed by atoms with E-state index in [0.29, 0.717) is 25.7 Å². The second-order valence-electron chi connectivity index (χ2n) is 7.95. The number of amides is 1. The first kappa shape index (κ1) is 24.7. The summed E-state index contributed by atoms with van der Waals surface area (Å²) in [7, 11) is -4.25. The van der Waals surface area contributed by atoms with E-state index in [0.717, 1.165) is 12.1 Å². The van der Waals surface area contributed by atoms with Gasteiger partial charge in [-0.2, -0.15) is 0 Å². The van der Waals surface area contributed by atoms with Gasteiger partial charge in [0, 0.05) is 16.6 Å². The van der Waals surface area contributed by atoms with Crippen LogP contribution in [0.15, 0.2) is 27.6 Å². The molecule has 1 aliphatic rings. The molecule has 0 saturated heterocycles. The fourth-order valence-corrected chi connectivity index (χ4v) is 4.78. The van der Waals surface area contributed by atoms with Gasteiger partial charge >= 0.3 is 12.5 Å². The van der Waals surface area contributed by atoms with Crippen LogP contribution in [0.2, 0.25) is 0 Å². The van der Waals surface area contributed by atoms with Crippen molar-refractivity contribution in [2.75, 3.05) is 0 Å². The van der Waals surface area contributed by atoms with E-state index < -0.39 is 44.8 Å². The van der Waals surface area contributed by atoms with Crippen LogP contribution >= 0.6 is 15.9 Å². The first-order valence-corrected chi connectivity index (χ1v) is 11.5. The summed E-state index contributed by atoms with van der Waals surface area (Å²) in [6, 6.07) is 2.67. The van der Waals surface area contributed by atoms with Crippen LogP contribution in [-0.4, -0.2) is 38.6 Å². The van der Waals surface area contributed by atoms with Gasteiger partial charge in [-0.3, -0.25) is 0 Å². The molecule has 1 fully saturated rings. The quantitative estimate of drug-likeness (QED) is 0.602. The Balaban J connectivity index is 2.00. The van der Waals surface area contributed by atoms with E-state index in [4.69, 9.17) is 4.74 Å². The molecule has 2 rings (SSSR count). The molecule has 1 amide bonds. The van der Waals surface area contributed by atoms with E-state index in [2.05, 4.69) is 30.7 Å². The predicted molar refractivity (Wildman–Crippen MR) is 107 cm³/mol. The first-order chi connectivity index (χ1) is 13.6. The van der Waals surface area contributed by atoms with Gasteiger partial charge in [-0.1, -0.05) is 15.9 Å². The summed E-state index contributed by atoms with van der Waals surface area (Å²) in [6.45, 7) is 5.24. The number of alkyl halides is 3. The number of rotatable bonds is 5. The molecule has 30 heavy (non-hydrogen) atoms. The molecular weight excluding hydrogens is 493 g/mol. The zero-order valence-corrected chi connectivity index (χ0v) is 19.1. The third kappa shape index (κ3) is 7.95. The third-order valence-corrected chi connectivity index (χ3v) is 6.24. The Kier molecular flexibility index (Phi) is 7.68. The van der Waals surface area contributed by atoms with Crippen molar-refractivity contribution in [3.05, 3.63) is 22.7 Å².